The van der Waals surface area contributed by atoms with Crippen molar-refractivity contribution >= 4 is 29.3 Å². The Morgan fingerprint density at radius 2 is 2.00 bits per heavy atom. The minimum atomic E-state index is -0.255. The van der Waals surface area contributed by atoms with E-state index in [1.807, 2.05) is 24.1 Å². The van der Waals surface area contributed by atoms with Gasteiger partial charge in [-0.05, 0) is 42.3 Å². The summed E-state index contributed by atoms with van der Waals surface area (Å²) in [6, 6.07) is 8.36. The fourth-order valence-corrected chi connectivity index (χ4v) is 2.51. The van der Waals surface area contributed by atoms with Crippen molar-refractivity contribution in [2.45, 2.75) is 4.90 Å². The van der Waals surface area contributed by atoms with E-state index in [4.69, 9.17) is 0 Å². The van der Waals surface area contributed by atoms with Crippen LogP contribution in [0.3, 0.4) is 0 Å². The van der Waals surface area contributed by atoms with Crippen LogP contribution in [0.5, 0.6) is 0 Å². The first-order valence-electron chi connectivity index (χ1n) is 5.69. The smallest absolute Gasteiger partial charge is 0.213 e. The van der Waals surface area contributed by atoms with Gasteiger partial charge in [-0.1, -0.05) is 0 Å². The second kappa shape index (κ2) is 4.89. The summed E-state index contributed by atoms with van der Waals surface area (Å²) < 4.78 is 16.2. The SMILES string of the molecule is CN(C1=Nc2ccc(F)cc2SN1)c1ccncc1. The van der Waals surface area contributed by atoms with Gasteiger partial charge < -0.3 is 4.90 Å². The average molecular weight is 274 g/mol. The molecule has 0 saturated carbocycles. The second-order valence-electron chi connectivity index (χ2n) is 4.02. The Bertz CT molecular complexity index is 630. The number of aliphatic imine (C=N–C) groups is 1. The zero-order chi connectivity index (χ0) is 13.2. The monoisotopic (exact) mass is 274 g/mol. The van der Waals surface area contributed by atoms with Gasteiger partial charge in [0.05, 0.1) is 10.6 Å². The Morgan fingerprint density at radius 1 is 1.21 bits per heavy atom. The zero-order valence-electron chi connectivity index (χ0n) is 10.2. The molecule has 1 aliphatic rings. The molecular formula is C13H11FN4S. The normalized spacial score (nSPS) is 13.3. The predicted molar refractivity (Wildman–Crippen MR) is 75.1 cm³/mol. The molecule has 0 fully saturated rings. The predicted octanol–water partition coefficient (Wildman–Crippen LogP) is 2.95. The van der Waals surface area contributed by atoms with E-state index in [1.54, 1.807) is 18.5 Å². The van der Waals surface area contributed by atoms with Crippen molar-refractivity contribution in [2.24, 2.45) is 4.99 Å². The van der Waals surface area contributed by atoms with Crippen molar-refractivity contribution in [3.63, 3.8) is 0 Å². The van der Waals surface area contributed by atoms with Gasteiger partial charge in [0.1, 0.15) is 5.82 Å². The second-order valence-corrected chi connectivity index (χ2v) is 4.86. The molecule has 0 amide bonds. The summed E-state index contributed by atoms with van der Waals surface area (Å²) in [5, 5.41) is 0. The topological polar surface area (TPSA) is 40.5 Å². The summed E-state index contributed by atoms with van der Waals surface area (Å²) >= 11 is 1.36. The number of anilines is 1. The molecule has 0 bridgehead atoms. The molecular weight excluding hydrogens is 263 g/mol. The molecule has 1 aliphatic heterocycles. The molecule has 1 N–H and O–H groups in total. The number of nitrogens with one attached hydrogen (secondary N) is 1. The van der Waals surface area contributed by atoms with E-state index in [1.165, 1.54) is 24.1 Å². The molecule has 0 aliphatic carbocycles. The molecule has 0 saturated heterocycles. The van der Waals surface area contributed by atoms with Crippen LogP contribution >= 0.6 is 11.9 Å². The van der Waals surface area contributed by atoms with Gasteiger partial charge in [0.2, 0.25) is 5.96 Å². The summed E-state index contributed by atoms with van der Waals surface area (Å²) in [4.78, 5) is 11.2. The Balaban J connectivity index is 1.93. The van der Waals surface area contributed by atoms with Gasteiger partial charge in [0.15, 0.2) is 0 Å². The first-order valence-corrected chi connectivity index (χ1v) is 6.50. The highest BCUT2D eigenvalue weighted by molar-refractivity contribution is 7.98. The van der Waals surface area contributed by atoms with E-state index >= 15 is 0 Å². The lowest BCUT2D eigenvalue weighted by Gasteiger charge is -2.24. The maximum atomic E-state index is 13.1. The Hall–Kier alpha value is -2.08. The third-order valence-corrected chi connectivity index (χ3v) is 3.60. The van der Waals surface area contributed by atoms with E-state index in [9.17, 15) is 4.39 Å². The molecule has 0 spiro atoms. The van der Waals surface area contributed by atoms with Crippen molar-refractivity contribution in [1.29, 1.82) is 0 Å². The molecule has 0 unspecified atom stereocenters. The number of fused-ring (bicyclic) bond motifs is 1. The largest absolute Gasteiger partial charge is 0.315 e. The molecule has 0 radical (unpaired) electrons. The molecule has 1 aromatic carbocycles. The van der Waals surface area contributed by atoms with Gasteiger partial charge in [-0.15, -0.1) is 0 Å². The number of guanidine groups is 1. The van der Waals surface area contributed by atoms with E-state index in [0.29, 0.717) is 5.96 Å². The fourth-order valence-electron chi connectivity index (χ4n) is 1.73. The van der Waals surface area contributed by atoms with Gasteiger partial charge in [0.25, 0.3) is 0 Å². The van der Waals surface area contributed by atoms with Crippen LogP contribution in [0.1, 0.15) is 0 Å². The highest BCUT2D eigenvalue weighted by Gasteiger charge is 2.16. The van der Waals surface area contributed by atoms with Crippen LogP contribution in [-0.2, 0) is 0 Å². The number of hydrogen-bond acceptors (Lipinski definition) is 5. The Morgan fingerprint density at radius 3 is 2.79 bits per heavy atom. The molecule has 1 aromatic heterocycles. The maximum absolute atomic E-state index is 13.1. The number of halogens is 1. The highest BCUT2D eigenvalue weighted by atomic mass is 32.2. The lowest BCUT2D eigenvalue weighted by molar-refractivity contribution is 0.624. The number of nitrogens with zero attached hydrogens (tertiary/aromatic N) is 3. The van der Waals surface area contributed by atoms with Crippen molar-refractivity contribution in [3.05, 3.63) is 48.5 Å². The summed E-state index contributed by atoms with van der Waals surface area (Å²) in [7, 11) is 1.91. The Kier molecular flexibility index (Phi) is 3.08. The van der Waals surface area contributed by atoms with E-state index in [2.05, 4.69) is 14.7 Å². The number of hydrogen-bond donors (Lipinski definition) is 1. The molecule has 3 rings (SSSR count). The standard InChI is InChI=1S/C13H11FN4S/c1-18(10-4-6-15-7-5-10)13-16-11-3-2-9(14)8-12(11)19-17-13/h2-8H,1H3,(H,16,17). The fraction of sp³-hybridized carbons (Fsp3) is 0.0769. The zero-order valence-corrected chi connectivity index (χ0v) is 11.0. The van der Waals surface area contributed by atoms with E-state index < -0.39 is 0 Å². The number of aromatic nitrogens is 1. The van der Waals surface area contributed by atoms with Crippen LogP contribution in [0.2, 0.25) is 0 Å². The van der Waals surface area contributed by atoms with Crippen molar-refractivity contribution in [1.82, 2.24) is 9.71 Å². The van der Waals surface area contributed by atoms with Gasteiger partial charge >= 0.3 is 0 Å². The molecule has 6 heteroatoms. The maximum Gasteiger partial charge on any atom is 0.213 e. The van der Waals surface area contributed by atoms with E-state index in [0.717, 1.165) is 16.3 Å². The third-order valence-electron chi connectivity index (χ3n) is 2.77. The average Bonchev–Trinajstić information content (AvgIpc) is 2.47. The van der Waals surface area contributed by atoms with Crippen LogP contribution < -0.4 is 9.62 Å². The molecule has 96 valence electrons. The third kappa shape index (κ3) is 2.39. The highest BCUT2D eigenvalue weighted by Crippen LogP contribution is 2.32. The lowest BCUT2D eigenvalue weighted by atomic mass is 10.3. The van der Waals surface area contributed by atoms with Crippen molar-refractivity contribution in [3.8, 4) is 0 Å². The van der Waals surface area contributed by atoms with Crippen LogP contribution in [0.15, 0.2) is 52.6 Å². The summed E-state index contributed by atoms with van der Waals surface area (Å²) in [5.41, 5.74) is 1.74. The number of pyridine rings is 1. The summed E-state index contributed by atoms with van der Waals surface area (Å²) in [6.07, 6.45) is 3.46. The summed E-state index contributed by atoms with van der Waals surface area (Å²) in [6.45, 7) is 0. The van der Waals surface area contributed by atoms with E-state index in [-0.39, 0.29) is 5.82 Å². The number of rotatable bonds is 1. The van der Waals surface area contributed by atoms with Crippen LogP contribution in [0, 0.1) is 5.82 Å². The van der Waals surface area contributed by atoms with Crippen molar-refractivity contribution in [2.75, 3.05) is 11.9 Å². The summed E-state index contributed by atoms with van der Waals surface area (Å²) in [5.74, 6) is 0.449. The minimum Gasteiger partial charge on any atom is -0.315 e. The van der Waals surface area contributed by atoms with Gasteiger partial charge in [0, 0.05) is 25.1 Å². The first-order chi connectivity index (χ1) is 9.24. The minimum absolute atomic E-state index is 0.255. The molecule has 4 nitrogen and oxygen atoms in total. The molecule has 2 heterocycles. The molecule has 19 heavy (non-hydrogen) atoms. The molecule has 0 atom stereocenters. The van der Waals surface area contributed by atoms with Crippen LogP contribution in [0.4, 0.5) is 15.8 Å². The quantitative estimate of drug-likeness (QED) is 0.812. The first kappa shape index (κ1) is 12.0. The van der Waals surface area contributed by atoms with Crippen molar-refractivity contribution < 1.29 is 4.39 Å². The van der Waals surface area contributed by atoms with Gasteiger partial charge in [-0.25, -0.2) is 9.38 Å². The lowest BCUT2D eigenvalue weighted by Crippen LogP contribution is -2.36. The van der Waals surface area contributed by atoms with Crippen LogP contribution in [0.25, 0.3) is 0 Å². The van der Waals surface area contributed by atoms with Crippen LogP contribution in [-0.4, -0.2) is 18.0 Å². The van der Waals surface area contributed by atoms with Gasteiger partial charge in [-0.3, -0.25) is 9.71 Å². The van der Waals surface area contributed by atoms with Gasteiger partial charge in [-0.2, -0.15) is 0 Å². The Labute approximate surface area is 114 Å². The number of benzene rings is 1. The molecule has 2 aromatic rings.